The van der Waals surface area contributed by atoms with E-state index in [-0.39, 0.29) is 5.91 Å². The van der Waals surface area contributed by atoms with Gasteiger partial charge < -0.3 is 11.1 Å². The maximum atomic E-state index is 11.2. The number of aromatic nitrogens is 1. The van der Waals surface area contributed by atoms with Crippen molar-refractivity contribution in [1.82, 2.24) is 15.2 Å². The van der Waals surface area contributed by atoms with Gasteiger partial charge in [0, 0.05) is 49.1 Å². The Hall–Kier alpha value is -1.14. The van der Waals surface area contributed by atoms with E-state index in [1.54, 1.807) is 11.3 Å². The largest absolute Gasteiger partial charge is 0.375 e. The lowest BCUT2D eigenvalue weighted by molar-refractivity contribution is -0.119. The third kappa shape index (κ3) is 1.78. The maximum Gasteiger partial charge on any atom is 0.220 e. The molecule has 3 heterocycles. The van der Waals surface area contributed by atoms with Crippen molar-refractivity contribution in [3.8, 4) is 0 Å². The van der Waals surface area contributed by atoms with Crippen molar-refractivity contribution in [2.24, 2.45) is 5.92 Å². The number of nitrogens with two attached hydrogens (primary N) is 1. The zero-order valence-electron chi connectivity index (χ0n) is 8.85. The molecule has 0 bridgehead atoms. The number of carbonyl (C=O) groups excluding carboxylic acids is 1. The van der Waals surface area contributed by atoms with Crippen molar-refractivity contribution in [3.63, 3.8) is 0 Å². The van der Waals surface area contributed by atoms with Crippen LogP contribution in [0.2, 0.25) is 0 Å². The number of nitrogen functional groups attached to an aromatic ring is 1. The maximum absolute atomic E-state index is 11.2. The summed E-state index contributed by atoms with van der Waals surface area (Å²) in [6, 6.07) is 0.359. The highest BCUT2D eigenvalue weighted by molar-refractivity contribution is 7.15. The number of hydrogen-bond acceptors (Lipinski definition) is 5. The van der Waals surface area contributed by atoms with E-state index in [0.717, 1.165) is 19.6 Å². The van der Waals surface area contributed by atoms with Crippen molar-refractivity contribution in [2.45, 2.75) is 19.0 Å². The third-order valence-corrected chi connectivity index (χ3v) is 4.07. The SMILES string of the molecule is Nc1ncc(CN2C[C@@H]3CC(=O)N[C@@H]3C2)s1. The highest BCUT2D eigenvalue weighted by Gasteiger charge is 2.39. The molecule has 0 unspecified atom stereocenters. The van der Waals surface area contributed by atoms with Crippen LogP contribution in [0.1, 0.15) is 11.3 Å². The van der Waals surface area contributed by atoms with Gasteiger partial charge in [0.2, 0.25) is 5.91 Å². The molecule has 1 amide bonds. The molecule has 2 saturated heterocycles. The topological polar surface area (TPSA) is 71.2 Å². The number of carbonyl (C=O) groups is 1. The molecule has 1 aromatic rings. The third-order valence-electron chi connectivity index (χ3n) is 3.26. The molecule has 0 radical (unpaired) electrons. The number of hydrogen-bond donors (Lipinski definition) is 2. The number of thiazole rings is 1. The van der Waals surface area contributed by atoms with Crippen LogP contribution >= 0.6 is 11.3 Å². The number of nitrogens with zero attached hydrogens (tertiary/aromatic N) is 2. The van der Waals surface area contributed by atoms with Crippen molar-refractivity contribution in [1.29, 1.82) is 0 Å². The Kier molecular flexibility index (Phi) is 2.33. The first-order valence-corrected chi connectivity index (χ1v) is 6.24. The number of rotatable bonds is 2. The molecule has 2 aliphatic rings. The minimum atomic E-state index is 0.205. The van der Waals surface area contributed by atoms with E-state index < -0.39 is 0 Å². The van der Waals surface area contributed by atoms with Gasteiger partial charge in [0.05, 0.1) is 0 Å². The fraction of sp³-hybridized carbons (Fsp3) is 0.600. The Labute approximate surface area is 97.6 Å². The predicted molar refractivity (Wildman–Crippen MR) is 61.8 cm³/mol. The van der Waals surface area contributed by atoms with Gasteiger partial charge in [-0.15, -0.1) is 11.3 Å². The van der Waals surface area contributed by atoms with E-state index in [0.29, 0.717) is 23.5 Å². The minimum absolute atomic E-state index is 0.205. The van der Waals surface area contributed by atoms with Gasteiger partial charge in [-0.3, -0.25) is 9.69 Å². The second-order valence-corrected chi connectivity index (χ2v) is 5.64. The summed E-state index contributed by atoms with van der Waals surface area (Å²) in [4.78, 5) is 18.8. The van der Waals surface area contributed by atoms with E-state index in [1.165, 1.54) is 4.88 Å². The second-order valence-electron chi connectivity index (χ2n) is 4.50. The minimum Gasteiger partial charge on any atom is -0.375 e. The van der Waals surface area contributed by atoms with Crippen LogP contribution in [-0.4, -0.2) is 34.9 Å². The fourth-order valence-electron chi connectivity index (χ4n) is 2.58. The van der Waals surface area contributed by atoms with E-state index in [9.17, 15) is 4.79 Å². The molecule has 86 valence electrons. The van der Waals surface area contributed by atoms with Gasteiger partial charge in [-0.2, -0.15) is 0 Å². The molecule has 2 atom stereocenters. The summed E-state index contributed by atoms with van der Waals surface area (Å²) in [5.41, 5.74) is 5.59. The van der Waals surface area contributed by atoms with E-state index >= 15 is 0 Å². The van der Waals surface area contributed by atoms with Crippen LogP contribution in [0.15, 0.2) is 6.20 Å². The molecule has 6 heteroatoms. The number of anilines is 1. The van der Waals surface area contributed by atoms with Crippen LogP contribution < -0.4 is 11.1 Å². The summed E-state index contributed by atoms with van der Waals surface area (Å²) in [5, 5.41) is 3.65. The Morgan fingerprint density at radius 3 is 3.19 bits per heavy atom. The van der Waals surface area contributed by atoms with Gasteiger partial charge in [0.25, 0.3) is 0 Å². The Morgan fingerprint density at radius 1 is 1.62 bits per heavy atom. The molecular formula is C10H14N4OS. The van der Waals surface area contributed by atoms with Crippen molar-refractivity contribution in [2.75, 3.05) is 18.8 Å². The number of nitrogens with one attached hydrogen (secondary N) is 1. The summed E-state index contributed by atoms with van der Waals surface area (Å²) in [5.74, 6) is 0.703. The van der Waals surface area contributed by atoms with Crippen LogP contribution in [-0.2, 0) is 11.3 Å². The second kappa shape index (κ2) is 3.71. The summed E-state index contributed by atoms with van der Waals surface area (Å²) in [6.45, 7) is 2.85. The van der Waals surface area contributed by atoms with Crippen LogP contribution in [0.5, 0.6) is 0 Å². The van der Waals surface area contributed by atoms with E-state index in [4.69, 9.17) is 5.73 Å². The van der Waals surface area contributed by atoms with Gasteiger partial charge in [0.1, 0.15) is 0 Å². The van der Waals surface area contributed by atoms with Gasteiger partial charge in [-0.05, 0) is 0 Å². The van der Waals surface area contributed by atoms with Gasteiger partial charge in [-0.25, -0.2) is 4.98 Å². The Balaban J connectivity index is 1.61. The molecule has 0 aliphatic carbocycles. The molecule has 2 aliphatic heterocycles. The van der Waals surface area contributed by atoms with Crippen molar-refractivity contribution in [3.05, 3.63) is 11.1 Å². The zero-order valence-corrected chi connectivity index (χ0v) is 9.67. The summed E-state index contributed by atoms with van der Waals surface area (Å²) < 4.78 is 0. The van der Waals surface area contributed by atoms with Gasteiger partial charge >= 0.3 is 0 Å². The first kappa shape index (κ1) is 10.0. The first-order valence-electron chi connectivity index (χ1n) is 5.42. The molecule has 16 heavy (non-hydrogen) atoms. The normalized spacial score (nSPS) is 29.4. The molecule has 0 spiro atoms. The molecule has 3 rings (SSSR count). The molecule has 0 aromatic carbocycles. The monoisotopic (exact) mass is 238 g/mol. The average Bonchev–Trinajstić information content (AvgIpc) is 2.81. The van der Waals surface area contributed by atoms with Gasteiger partial charge in [0.15, 0.2) is 5.13 Å². The summed E-state index contributed by atoms with van der Waals surface area (Å²) in [7, 11) is 0. The van der Waals surface area contributed by atoms with Crippen LogP contribution in [0.25, 0.3) is 0 Å². The molecule has 3 N–H and O–H groups in total. The van der Waals surface area contributed by atoms with E-state index in [1.807, 2.05) is 6.20 Å². The summed E-state index contributed by atoms with van der Waals surface area (Å²) >= 11 is 1.54. The predicted octanol–water partition coefficient (Wildman–Crippen LogP) is 0.0456. The number of amides is 1. The average molecular weight is 238 g/mol. The fourth-order valence-corrected chi connectivity index (χ4v) is 3.31. The molecule has 5 nitrogen and oxygen atoms in total. The molecular weight excluding hydrogens is 224 g/mol. The van der Waals surface area contributed by atoms with Crippen LogP contribution in [0, 0.1) is 5.92 Å². The van der Waals surface area contributed by atoms with Crippen LogP contribution in [0.3, 0.4) is 0 Å². The highest BCUT2D eigenvalue weighted by Crippen LogP contribution is 2.27. The standard InChI is InChI=1S/C10H14N4OS/c11-10-12-2-7(16-10)4-14-3-6-1-9(15)13-8(6)5-14/h2,6,8H,1,3-5H2,(H2,11,12)(H,13,15)/t6-,8+/m0/s1. The lowest BCUT2D eigenvalue weighted by Crippen LogP contribution is -2.32. The smallest absolute Gasteiger partial charge is 0.220 e. The van der Waals surface area contributed by atoms with E-state index in [2.05, 4.69) is 15.2 Å². The lowest BCUT2D eigenvalue weighted by atomic mass is 10.1. The van der Waals surface area contributed by atoms with Crippen molar-refractivity contribution < 1.29 is 4.79 Å². The molecule has 0 saturated carbocycles. The zero-order chi connectivity index (χ0) is 11.1. The quantitative estimate of drug-likeness (QED) is 0.763. The number of likely N-dealkylation sites (tertiary alicyclic amines) is 1. The Bertz CT molecular complexity index is 403. The lowest BCUT2D eigenvalue weighted by Gasteiger charge is -2.14. The van der Waals surface area contributed by atoms with Crippen molar-refractivity contribution >= 4 is 22.4 Å². The molecule has 2 fully saturated rings. The highest BCUT2D eigenvalue weighted by atomic mass is 32.1. The Morgan fingerprint density at radius 2 is 2.50 bits per heavy atom. The van der Waals surface area contributed by atoms with Crippen LogP contribution in [0.4, 0.5) is 5.13 Å². The van der Waals surface area contributed by atoms with Gasteiger partial charge in [-0.1, -0.05) is 0 Å². The summed E-state index contributed by atoms with van der Waals surface area (Å²) in [6.07, 6.45) is 2.53. The molecule has 1 aromatic heterocycles. The first-order chi connectivity index (χ1) is 7.70. The number of fused-ring (bicyclic) bond motifs is 1.